The second kappa shape index (κ2) is 6.41. The molecule has 1 heterocycles. The van der Waals surface area contributed by atoms with Crippen molar-refractivity contribution in [1.82, 2.24) is 5.32 Å². The quantitative estimate of drug-likeness (QED) is 0.905. The van der Waals surface area contributed by atoms with Gasteiger partial charge in [-0.3, -0.25) is 4.79 Å². The molecule has 3 rings (SSSR count). The van der Waals surface area contributed by atoms with Gasteiger partial charge >= 0.3 is 0 Å². The van der Waals surface area contributed by atoms with Crippen LogP contribution in [0.5, 0.6) is 11.5 Å². The zero-order valence-corrected chi connectivity index (χ0v) is 11.7. The van der Waals surface area contributed by atoms with Crippen molar-refractivity contribution >= 4 is 11.6 Å². The fraction of sp³-hybridized carbons (Fsp3) is 0.235. The zero-order chi connectivity index (χ0) is 14.5. The predicted molar refractivity (Wildman–Crippen MR) is 82.6 cm³/mol. The van der Waals surface area contributed by atoms with Crippen LogP contribution in [0.2, 0.25) is 0 Å². The number of benzene rings is 2. The lowest BCUT2D eigenvalue weighted by Gasteiger charge is -2.12. The highest BCUT2D eigenvalue weighted by Gasteiger charge is 2.21. The molecule has 1 fully saturated rings. The lowest BCUT2D eigenvalue weighted by Crippen LogP contribution is -2.35. The number of carbonyl (C=O) groups is 1. The van der Waals surface area contributed by atoms with Crippen LogP contribution >= 0.6 is 0 Å². The van der Waals surface area contributed by atoms with Gasteiger partial charge in [0, 0.05) is 11.8 Å². The number of hydrogen-bond donors (Lipinski definition) is 2. The number of ether oxygens (including phenoxy) is 1. The van der Waals surface area contributed by atoms with E-state index in [4.69, 9.17) is 4.74 Å². The maximum Gasteiger partial charge on any atom is 0.241 e. The van der Waals surface area contributed by atoms with E-state index < -0.39 is 0 Å². The average molecular weight is 282 g/mol. The van der Waals surface area contributed by atoms with E-state index in [1.807, 2.05) is 54.6 Å². The van der Waals surface area contributed by atoms with E-state index in [0.717, 1.165) is 30.8 Å². The Morgan fingerprint density at radius 3 is 2.67 bits per heavy atom. The van der Waals surface area contributed by atoms with E-state index in [1.165, 1.54) is 0 Å². The van der Waals surface area contributed by atoms with Gasteiger partial charge in [-0.2, -0.15) is 0 Å². The Hall–Kier alpha value is -2.33. The van der Waals surface area contributed by atoms with Crippen LogP contribution < -0.4 is 15.4 Å². The molecule has 0 spiro atoms. The van der Waals surface area contributed by atoms with E-state index in [0.29, 0.717) is 5.75 Å². The summed E-state index contributed by atoms with van der Waals surface area (Å²) < 4.78 is 5.76. The Bertz CT molecular complexity index is 607. The Kier molecular flexibility index (Phi) is 4.17. The van der Waals surface area contributed by atoms with Crippen molar-refractivity contribution in [3.05, 3.63) is 54.6 Å². The van der Waals surface area contributed by atoms with Crippen LogP contribution in [-0.2, 0) is 4.79 Å². The molecule has 2 aromatic rings. The standard InChI is InChI=1S/C17H18N2O2/c20-17(16-10-5-11-18-16)19-13-6-4-9-15(12-13)21-14-7-2-1-3-8-14/h1-4,6-9,12,16,18H,5,10-11H2,(H,19,20)/t16-/m1/s1. The van der Waals surface area contributed by atoms with Crippen LogP contribution in [0.4, 0.5) is 5.69 Å². The van der Waals surface area contributed by atoms with Crippen LogP contribution in [-0.4, -0.2) is 18.5 Å². The summed E-state index contributed by atoms with van der Waals surface area (Å²) >= 11 is 0. The normalized spacial score (nSPS) is 17.4. The van der Waals surface area contributed by atoms with Crippen LogP contribution in [0, 0.1) is 0 Å². The van der Waals surface area contributed by atoms with Gasteiger partial charge in [0.05, 0.1) is 6.04 Å². The van der Waals surface area contributed by atoms with Crippen molar-refractivity contribution < 1.29 is 9.53 Å². The number of para-hydroxylation sites is 1. The second-order valence-electron chi connectivity index (χ2n) is 5.08. The smallest absolute Gasteiger partial charge is 0.241 e. The molecule has 0 aromatic heterocycles. The lowest BCUT2D eigenvalue weighted by atomic mass is 10.2. The summed E-state index contributed by atoms with van der Waals surface area (Å²) in [5.41, 5.74) is 0.752. The van der Waals surface area contributed by atoms with E-state index in [9.17, 15) is 4.79 Å². The third kappa shape index (κ3) is 3.61. The van der Waals surface area contributed by atoms with Gasteiger partial charge in [-0.25, -0.2) is 0 Å². The number of carbonyl (C=O) groups excluding carboxylic acids is 1. The topological polar surface area (TPSA) is 50.4 Å². The van der Waals surface area contributed by atoms with Crippen molar-refractivity contribution in [2.75, 3.05) is 11.9 Å². The van der Waals surface area contributed by atoms with Crippen molar-refractivity contribution in [3.63, 3.8) is 0 Å². The molecule has 108 valence electrons. The maximum absolute atomic E-state index is 12.1. The van der Waals surface area contributed by atoms with E-state index >= 15 is 0 Å². The summed E-state index contributed by atoms with van der Waals surface area (Å²) in [6, 6.07) is 16.9. The first-order chi connectivity index (χ1) is 10.3. The molecule has 0 saturated carbocycles. The van der Waals surface area contributed by atoms with E-state index in [1.54, 1.807) is 0 Å². The highest BCUT2D eigenvalue weighted by molar-refractivity contribution is 5.95. The maximum atomic E-state index is 12.1. The largest absolute Gasteiger partial charge is 0.457 e. The van der Waals surface area contributed by atoms with Gasteiger partial charge < -0.3 is 15.4 Å². The Morgan fingerprint density at radius 2 is 1.90 bits per heavy atom. The summed E-state index contributed by atoms with van der Waals surface area (Å²) in [5, 5.41) is 6.12. The molecule has 1 atom stereocenters. The Balaban J connectivity index is 1.66. The van der Waals surface area contributed by atoms with Gasteiger partial charge in [0.15, 0.2) is 0 Å². The number of hydrogen-bond acceptors (Lipinski definition) is 3. The predicted octanol–water partition coefficient (Wildman–Crippen LogP) is 3.17. The van der Waals surface area contributed by atoms with Crippen molar-refractivity contribution in [3.8, 4) is 11.5 Å². The van der Waals surface area contributed by atoms with Crippen LogP contribution in [0.25, 0.3) is 0 Å². The lowest BCUT2D eigenvalue weighted by molar-refractivity contribution is -0.117. The summed E-state index contributed by atoms with van der Waals surface area (Å²) in [7, 11) is 0. The first-order valence-corrected chi connectivity index (χ1v) is 7.18. The fourth-order valence-electron chi connectivity index (χ4n) is 2.40. The van der Waals surface area contributed by atoms with Gasteiger partial charge in [0.2, 0.25) is 5.91 Å². The Morgan fingerprint density at radius 1 is 1.10 bits per heavy atom. The fourth-order valence-corrected chi connectivity index (χ4v) is 2.40. The number of nitrogens with one attached hydrogen (secondary N) is 2. The van der Waals surface area contributed by atoms with Crippen LogP contribution in [0.1, 0.15) is 12.8 Å². The van der Waals surface area contributed by atoms with Gasteiger partial charge in [-0.05, 0) is 43.7 Å². The molecule has 4 heteroatoms. The average Bonchev–Trinajstić information content (AvgIpc) is 3.03. The summed E-state index contributed by atoms with van der Waals surface area (Å²) in [6.07, 6.45) is 1.95. The highest BCUT2D eigenvalue weighted by Crippen LogP contribution is 2.24. The second-order valence-corrected chi connectivity index (χ2v) is 5.08. The first-order valence-electron chi connectivity index (χ1n) is 7.18. The van der Waals surface area contributed by atoms with Crippen LogP contribution in [0.3, 0.4) is 0 Å². The minimum atomic E-state index is -0.0799. The van der Waals surface area contributed by atoms with Crippen molar-refractivity contribution in [1.29, 1.82) is 0 Å². The molecule has 4 nitrogen and oxygen atoms in total. The van der Waals surface area contributed by atoms with Gasteiger partial charge in [0.1, 0.15) is 11.5 Å². The van der Waals surface area contributed by atoms with E-state index in [-0.39, 0.29) is 11.9 Å². The molecule has 1 aliphatic heterocycles. The molecule has 21 heavy (non-hydrogen) atoms. The summed E-state index contributed by atoms with van der Waals surface area (Å²) in [6.45, 7) is 0.912. The monoisotopic (exact) mass is 282 g/mol. The summed E-state index contributed by atoms with van der Waals surface area (Å²) in [4.78, 5) is 12.1. The minimum absolute atomic E-state index is 0.0179. The molecule has 1 saturated heterocycles. The molecule has 1 aliphatic rings. The first kappa shape index (κ1) is 13.6. The number of rotatable bonds is 4. The third-order valence-corrected chi connectivity index (χ3v) is 3.46. The summed E-state index contributed by atoms with van der Waals surface area (Å²) in [5.74, 6) is 1.50. The molecule has 0 bridgehead atoms. The molecule has 0 aliphatic carbocycles. The van der Waals surface area contributed by atoms with Crippen molar-refractivity contribution in [2.24, 2.45) is 0 Å². The van der Waals surface area contributed by atoms with Gasteiger partial charge in [-0.1, -0.05) is 24.3 Å². The van der Waals surface area contributed by atoms with Gasteiger partial charge in [0.25, 0.3) is 0 Å². The van der Waals surface area contributed by atoms with Crippen LogP contribution in [0.15, 0.2) is 54.6 Å². The molecular formula is C17H18N2O2. The van der Waals surface area contributed by atoms with Crippen molar-refractivity contribution in [2.45, 2.75) is 18.9 Å². The minimum Gasteiger partial charge on any atom is -0.457 e. The van der Waals surface area contributed by atoms with E-state index in [2.05, 4.69) is 10.6 Å². The molecular weight excluding hydrogens is 264 g/mol. The number of amides is 1. The third-order valence-electron chi connectivity index (χ3n) is 3.46. The van der Waals surface area contributed by atoms with Gasteiger partial charge in [-0.15, -0.1) is 0 Å². The Labute approximate surface area is 124 Å². The molecule has 1 amide bonds. The molecule has 2 N–H and O–H groups in total. The molecule has 0 radical (unpaired) electrons. The molecule has 0 unspecified atom stereocenters. The highest BCUT2D eigenvalue weighted by atomic mass is 16.5. The number of anilines is 1. The SMILES string of the molecule is O=C(Nc1cccc(Oc2ccccc2)c1)[C@H]1CCCN1. The molecule has 2 aromatic carbocycles. The zero-order valence-electron chi connectivity index (χ0n) is 11.7.